The van der Waals surface area contributed by atoms with E-state index < -0.39 is 5.97 Å². The minimum Gasteiger partial charge on any atom is -0.497 e. The molecule has 130 valence electrons. The van der Waals surface area contributed by atoms with E-state index in [9.17, 15) is 4.79 Å². The van der Waals surface area contributed by atoms with Gasteiger partial charge < -0.3 is 14.5 Å². The van der Waals surface area contributed by atoms with Crippen molar-refractivity contribution in [1.82, 2.24) is 15.0 Å². The van der Waals surface area contributed by atoms with Gasteiger partial charge in [-0.25, -0.2) is 14.8 Å². The van der Waals surface area contributed by atoms with Crippen LogP contribution in [0.3, 0.4) is 0 Å². The molecule has 0 aliphatic rings. The third-order valence-corrected chi connectivity index (χ3v) is 4.33. The van der Waals surface area contributed by atoms with Crippen molar-refractivity contribution < 1.29 is 14.3 Å². The van der Waals surface area contributed by atoms with Crippen LogP contribution in [-0.4, -0.2) is 35.1 Å². The third-order valence-electron chi connectivity index (χ3n) is 4.33. The minimum atomic E-state index is -0.504. The number of hydrogen-bond acceptors (Lipinski definition) is 5. The summed E-state index contributed by atoms with van der Waals surface area (Å²) in [5.74, 6) is 0.697. The van der Waals surface area contributed by atoms with Crippen LogP contribution in [0.4, 0.5) is 0 Å². The van der Waals surface area contributed by atoms with E-state index in [4.69, 9.17) is 14.5 Å². The molecule has 0 saturated carbocycles. The standard InChI is InChI=1S/C20H17N3O3/c1-11-4-9-14-15(10-11)21-17-16(14)22-19(23-18(17)20(24)26-3)12-5-7-13(25-2)8-6-12/h4-10,21H,1-3H3. The van der Waals surface area contributed by atoms with Crippen LogP contribution in [0, 0.1) is 6.92 Å². The number of carbonyl (C=O) groups is 1. The van der Waals surface area contributed by atoms with E-state index >= 15 is 0 Å². The monoisotopic (exact) mass is 347 g/mol. The summed E-state index contributed by atoms with van der Waals surface area (Å²) in [6.45, 7) is 2.01. The van der Waals surface area contributed by atoms with Gasteiger partial charge in [0.15, 0.2) is 11.5 Å². The number of nitrogens with one attached hydrogen (secondary N) is 1. The molecule has 6 heteroatoms. The first kappa shape index (κ1) is 16.1. The maximum absolute atomic E-state index is 12.3. The van der Waals surface area contributed by atoms with Crippen LogP contribution in [0.1, 0.15) is 16.1 Å². The molecule has 0 atom stereocenters. The molecule has 2 aromatic carbocycles. The zero-order valence-electron chi connectivity index (χ0n) is 14.7. The zero-order valence-corrected chi connectivity index (χ0v) is 14.7. The second-order valence-electron chi connectivity index (χ2n) is 6.01. The number of aryl methyl sites for hydroxylation is 1. The Morgan fingerprint density at radius 2 is 1.81 bits per heavy atom. The van der Waals surface area contributed by atoms with Crippen molar-refractivity contribution in [3.8, 4) is 17.1 Å². The first-order chi connectivity index (χ1) is 12.6. The largest absolute Gasteiger partial charge is 0.497 e. The fourth-order valence-corrected chi connectivity index (χ4v) is 2.99. The lowest BCUT2D eigenvalue weighted by atomic mass is 10.1. The predicted molar refractivity (Wildman–Crippen MR) is 99.5 cm³/mol. The number of hydrogen-bond donors (Lipinski definition) is 1. The normalized spacial score (nSPS) is 11.0. The van der Waals surface area contributed by atoms with E-state index in [1.165, 1.54) is 7.11 Å². The van der Waals surface area contributed by atoms with Crippen LogP contribution >= 0.6 is 0 Å². The summed E-state index contributed by atoms with van der Waals surface area (Å²) in [7, 11) is 2.96. The average Bonchev–Trinajstić information content (AvgIpc) is 3.04. The second-order valence-corrected chi connectivity index (χ2v) is 6.01. The highest BCUT2D eigenvalue weighted by molar-refractivity contribution is 6.11. The Morgan fingerprint density at radius 3 is 2.50 bits per heavy atom. The molecule has 6 nitrogen and oxygen atoms in total. The van der Waals surface area contributed by atoms with Gasteiger partial charge in [0.2, 0.25) is 0 Å². The van der Waals surface area contributed by atoms with E-state index in [1.807, 2.05) is 49.4 Å². The van der Waals surface area contributed by atoms with Gasteiger partial charge in [-0.1, -0.05) is 12.1 Å². The third kappa shape index (κ3) is 2.56. The molecule has 0 amide bonds. The highest BCUT2D eigenvalue weighted by Gasteiger charge is 2.20. The summed E-state index contributed by atoms with van der Waals surface area (Å²) in [4.78, 5) is 24.7. The number of aromatic amines is 1. The Labute approximate surface area is 149 Å². The lowest BCUT2D eigenvalue weighted by Gasteiger charge is -2.06. The summed E-state index contributed by atoms with van der Waals surface area (Å²) in [5.41, 5.74) is 4.31. The number of carbonyl (C=O) groups excluding carboxylic acids is 1. The van der Waals surface area contributed by atoms with Crippen molar-refractivity contribution >= 4 is 27.9 Å². The summed E-state index contributed by atoms with van der Waals surface area (Å²) in [6.07, 6.45) is 0. The van der Waals surface area contributed by atoms with Crippen LogP contribution in [0.15, 0.2) is 42.5 Å². The molecule has 4 aromatic rings. The fraction of sp³-hybridized carbons (Fsp3) is 0.150. The Hall–Kier alpha value is -3.41. The zero-order chi connectivity index (χ0) is 18.3. The van der Waals surface area contributed by atoms with Crippen LogP contribution in [-0.2, 0) is 4.74 Å². The molecule has 26 heavy (non-hydrogen) atoms. The number of H-pyrrole nitrogens is 1. The summed E-state index contributed by atoms with van der Waals surface area (Å²) < 4.78 is 10.1. The molecule has 0 aliphatic carbocycles. The number of esters is 1. The van der Waals surface area contributed by atoms with Crippen molar-refractivity contribution in [2.45, 2.75) is 6.92 Å². The van der Waals surface area contributed by atoms with Crippen molar-refractivity contribution in [1.29, 1.82) is 0 Å². The number of fused-ring (bicyclic) bond motifs is 3. The molecule has 0 bridgehead atoms. The summed E-state index contributed by atoms with van der Waals surface area (Å²) >= 11 is 0. The first-order valence-electron chi connectivity index (χ1n) is 8.13. The second kappa shape index (κ2) is 6.15. The average molecular weight is 347 g/mol. The number of nitrogens with zero attached hydrogens (tertiary/aromatic N) is 2. The lowest BCUT2D eigenvalue weighted by molar-refractivity contribution is 0.0596. The van der Waals surface area contributed by atoms with Gasteiger partial charge in [-0.05, 0) is 42.8 Å². The number of benzene rings is 2. The van der Waals surface area contributed by atoms with Crippen LogP contribution in [0.2, 0.25) is 0 Å². The molecule has 0 radical (unpaired) electrons. The smallest absolute Gasteiger partial charge is 0.359 e. The molecule has 0 spiro atoms. The van der Waals surface area contributed by atoms with Gasteiger partial charge >= 0.3 is 5.97 Å². The van der Waals surface area contributed by atoms with Gasteiger partial charge in [-0.3, -0.25) is 0 Å². The molecular formula is C20H17N3O3. The van der Waals surface area contributed by atoms with Crippen LogP contribution in [0.5, 0.6) is 5.75 Å². The minimum absolute atomic E-state index is 0.220. The molecule has 1 N–H and O–H groups in total. The molecule has 4 rings (SSSR count). The van der Waals surface area contributed by atoms with Crippen molar-refractivity contribution in [2.24, 2.45) is 0 Å². The van der Waals surface area contributed by atoms with Gasteiger partial charge in [0.25, 0.3) is 0 Å². The molecular weight excluding hydrogens is 330 g/mol. The van der Waals surface area contributed by atoms with E-state index in [-0.39, 0.29) is 5.69 Å². The van der Waals surface area contributed by atoms with Crippen molar-refractivity contribution in [3.05, 3.63) is 53.7 Å². The Kier molecular flexibility index (Phi) is 3.80. The topological polar surface area (TPSA) is 77.1 Å². The Morgan fingerprint density at radius 1 is 1.04 bits per heavy atom. The van der Waals surface area contributed by atoms with Gasteiger partial charge in [-0.2, -0.15) is 0 Å². The Balaban J connectivity index is 2.01. The molecule has 0 fully saturated rings. The van der Waals surface area contributed by atoms with Crippen LogP contribution in [0.25, 0.3) is 33.3 Å². The maximum atomic E-state index is 12.3. The van der Waals surface area contributed by atoms with Gasteiger partial charge in [-0.15, -0.1) is 0 Å². The van der Waals surface area contributed by atoms with Gasteiger partial charge in [0, 0.05) is 16.5 Å². The number of rotatable bonds is 3. The van der Waals surface area contributed by atoms with E-state index in [1.54, 1.807) is 7.11 Å². The molecule has 2 aromatic heterocycles. The van der Waals surface area contributed by atoms with Gasteiger partial charge in [0.05, 0.1) is 19.7 Å². The highest BCUT2D eigenvalue weighted by atomic mass is 16.5. The Bertz CT molecular complexity index is 1130. The summed E-state index contributed by atoms with van der Waals surface area (Å²) in [5, 5.41) is 0.938. The predicted octanol–water partition coefficient (Wildman–Crippen LogP) is 3.88. The number of methoxy groups -OCH3 is 2. The van der Waals surface area contributed by atoms with Crippen molar-refractivity contribution in [2.75, 3.05) is 14.2 Å². The number of aromatic nitrogens is 3. The molecule has 0 unspecified atom stereocenters. The fourth-order valence-electron chi connectivity index (χ4n) is 2.99. The van der Waals surface area contributed by atoms with Crippen molar-refractivity contribution in [3.63, 3.8) is 0 Å². The lowest BCUT2D eigenvalue weighted by Crippen LogP contribution is -2.07. The van der Waals surface area contributed by atoms with Crippen LogP contribution < -0.4 is 4.74 Å². The van der Waals surface area contributed by atoms with Gasteiger partial charge in [0.1, 0.15) is 11.3 Å². The first-order valence-corrected chi connectivity index (χ1v) is 8.13. The number of ether oxygens (including phenoxy) is 2. The quantitative estimate of drug-likeness (QED) is 0.569. The van der Waals surface area contributed by atoms with E-state index in [0.717, 1.165) is 27.8 Å². The molecule has 2 heterocycles. The van der Waals surface area contributed by atoms with E-state index in [2.05, 4.69) is 9.97 Å². The summed E-state index contributed by atoms with van der Waals surface area (Å²) in [6, 6.07) is 13.4. The SMILES string of the molecule is COC(=O)c1nc(-c2ccc(OC)cc2)nc2c1[nH]c1cc(C)ccc12. The molecule has 0 aliphatic heterocycles. The van der Waals surface area contributed by atoms with E-state index in [0.29, 0.717) is 16.9 Å². The maximum Gasteiger partial charge on any atom is 0.359 e. The molecule has 0 saturated heterocycles. The highest BCUT2D eigenvalue weighted by Crippen LogP contribution is 2.29.